The highest BCUT2D eigenvalue weighted by Crippen LogP contribution is 2.19. The van der Waals surface area contributed by atoms with Crippen molar-refractivity contribution in [2.45, 2.75) is 32.9 Å². The molecule has 1 aliphatic rings. The van der Waals surface area contributed by atoms with Crippen molar-refractivity contribution >= 4 is 5.91 Å². The Balaban J connectivity index is 1.59. The lowest BCUT2D eigenvalue weighted by molar-refractivity contribution is 0.0938. The molecule has 1 N–H and O–H groups in total. The molecule has 24 heavy (non-hydrogen) atoms. The first-order valence-corrected chi connectivity index (χ1v) is 8.12. The molecule has 1 saturated heterocycles. The fraction of sp³-hybridized carbons (Fsp3) is 0.471. The monoisotopic (exact) mass is 330 g/mol. The number of aryl methyl sites for hydroxylation is 2. The number of ether oxygens (including phenoxy) is 2. The van der Waals surface area contributed by atoms with Crippen LogP contribution in [0, 0.1) is 13.8 Å². The minimum absolute atomic E-state index is 0.0406. The quantitative estimate of drug-likeness (QED) is 0.868. The Morgan fingerprint density at radius 3 is 3.08 bits per heavy atom. The van der Waals surface area contributed by atoms with Gasteiger partial charge in [0.15, 0.2) is 0 Å². The molecule has 7 heteroatoms. The third-order valence-electron chi connectivity index (χ3n) is 3.89. The van der Waals surface area contributed by atoms with Crippen LogP contribution in [-0.4, -0.2) is 46.5 Å². The summed E-state index contributed by atoms with van der Waals surface area (Å²) in [5.74, 6) is 0.162. The smallest absolute Gasteiger partial charge is 0.256 e. The third-order valence-corrected chi connectivity index (χ3v) is 3.89. The van der Waals surface area contributed by atoms with Gasteiger partial charge in [-0.15, -0.1) is 0 Å². The second-order valence-electron chi connectivity index (χ2n) is 5.87. The van der Waals surface area contributed by atoms with Gasteiger partial charge in [0.05, 0.1) is 25.5 Å². The van der Waals surface area contributed by atoms with Gasteiger partial charge in [-0.25, -0.2) is 4.98 Å². The van der Waals surface area contributed by atoms with Crippen molar-refractivity contribution in [2.75, 3.05) is 19.8 Å². The zero-order valence-corrected chi connectivity index (χ0v) is 14.0. The minimum atomic E-state index is -0.196. The topological polar surface area (TPSA) is 78.3 Å². The summed E-state index contributed by atoms with van der Waals surface area (Å²) in [6, 6.07) is 5.46. The summed E-state index contributed by atoms with van der Waals surface area (Å²) in [5.41, 5.74) is 2.49. The number of aromatic nitrogens is 3. The second kappa shape index (κ2) is 7.44. The number of rotatable bonds is 6. The highest BCUT2D eigenvalue weighted by atomic mass is 16.5. The van der Waals surface area contributed by atoms with Gasteiger partial charge >= 0.3 is 0 Å². The first-order valence-electron chi connectivity index (χ1n) is 8.12. The van der Waals surface area contributed by atoms with E-state index in [2.05, 4.69) is 15.4 Å². The molecule has 2 aromatic rings. The lowest BCUT2D eigenvalue weighted by atomic mass is 10.2. The van der Waals surface area contributed by atoms with Crippen LogP contribution < -0.4 is 10.1 Å². The van der Waals surface area contributed by atoms with Crippen molar-refractivity contribution in [1.82, 2.24) is 20.1 Å². The summed E-state index contributed by atoms with van der Waals surface area (Å²) in [7, 11) is 0. The Hall–Kier alpha value is -2.41. The summed E-state index contributed by atoms with van der Waals surface area (Å²) in [6.45, 7) is 6.28. The summed E-state index contributed by atoms with van der Waals surface area (Å²) in [4.78, 5) is 16.6. The summed E-state index contributed by atoms with van der Waals surface area (Å²) < 4.78 is 13.0. The van der Waals surface area contributed by atoms with Gasteiger partial charge in [-0.1, -0.05) is 0 Å². The van der Waals surface area contributed by atoms with E-state index in [0.717, 1.165) is 17.8 Å². The Morgan fingerprint density at radius 2 is 2.38 bits per heavy atom. The molecular formula is C17H22N4O3. The maximum absolute atomic E-state index is 12.4. The number of nitrogens with zero attached hydrogens (tertiary/aromatic N) is 3. The summed E-state index contributed by atoms with van der Waals surface area (Å²) in [6.07, 6.45) is 2.40. The number of pyridine rings is 1. The molecule has 0 saturated carbocycles. The predicted molar refractivity (Wildman–Crippen MR) is 88.1 cm³/mol. The number of carbonyl (C=O) groups excluding carboxylic acids is 1. The fourth-order valence-electron chi connectivity index (χ4n) is 2.69. The lowest BCUT2D eigenvalue weighted by Gasteiger charge is -2.14. The maximum atomic E-state index is 12.4. The second-order valence-corrected chi connectivity index (χ2v) is 5.87. The number of hydrogen-bond donors (Lipinski definition) is 1. The van der Waals surface area contributed by atoms with Gasteiger partial charge in [0.1, 0.15) is 11.7 Å². The van der Waals surface area contributed by atoms with Crippen LogP contribution in [0.2, 0.25) is 0 Å². The van der Waals surface area contributed by atoms with Gasteiger partial charge in [-0.2, -0.15) is 5.10 Å². The molecule has 3 rings (SSSR count). The van der Waals surface area contributed by atoms with E-state index in [-0.39, 0.29) is 12.0 Å². The number of nitrogens with one attached hydrogen (secondary N) is 1. The maximum Gasteiger partial charge on any atom is 0.256 e. The Labute approximate surface area is 141 Å². The molecule has 0 aliphatic carbocycles. The molecule has 3 heterocycles. The van der Waals surface area contributed by atoms with Crippen molar-refractivity contribution < 1.29 is 14.3 Å². The van der Waals surface area contributed by atoms with Gasteiger partial charge in [0, 0.05) is 24.9 Å². The van der Waals surface area contributed by atoms with Crippen molar-refractivity contribution in [3.8, 4) is 5.88 Å². The number of amides is 1. The first-order chi connectivity index (χ1) is 11.6. The average molecular weight is 330 g/mol. The van der Waals surface area contributed by atoms with Crippen molar-refractivity contribution in [3.63, 3.8) is 0 Å². The van der Waals surface area contributed by atoms with Crippen LogP contribution in [0.3, 0.4) is 0 Å². The van der Waals surface area contributed by atoms with Gasteiger partial charge < -0.3 is 14.8 Å². The highest BCUT2D eigenvalue weighted by molar-refractivity contribution is 5.96. The van der Waals surface area contributed by atoms with E-state index in [1.807, 2.05) is 24.6 Å². The molecule has 1 atom stereocenters. The summed E-state index contributed by atoms with van der Waals surface area (Å²) in [5, 5.41) is 7.28. The van der Waals surface area contributed by atoms with Crippen LogP contribution >= 0.6 is 0 Å². The highest BCUT2D eigenvalue weighted by Gasteiger charge is 2.21. The van der Waals surface area contributed by atoms with E-state index in [0.29, 0.717) is 37.7 Å². The normalized spacial score (nSPS) is 17.0. The van der Waals surface area contributed by atoms with Gasteiger partial charge in [-0.05, 0) is 32.0 Å². The molecule has 7 nitrogen and oxygen atoms in total. The Morgan fingerprint density at radius 1 is 1.50 bits per heavy atom. The molecule has 2 aromatic heterocycles. The van der Waals surface area contributed by atoms with Crippen LogP contribution in [0.1, 0.15) is 28.2 Å². The molecule has 0 radical (unpaired) electrons. The van der Waals surface area contributed by atoms with Crippen molar-refractivity contribution in [2.24, 2.45) is 0 Å². The fourth-order valence-corrected chi connectivity index (χ4v) is 2.69. The molecular weight excluding hydrogens is 308 g/mol. The van der Waals surface area contributed by atoms with E-state index < -0.39 is 0 Å². The van der Waals surface area contributed by atoms with Crippen LogP contribution in [0.15, 0.2) is 24.4 Å². The standard InChI is InChI=1S/C17H22N4O3/c1-12-10-13(2)21(20-12)8-7-18-16(22)15-4-3-6-19-17(15)24-14-5-9-23-11-14/h3-4,6,10,14H,5,7-9,11H2,1-2H3,(H,18,22)/t14-/m0/s1. The molecule has 1 fully saturated rings. The Bertz CT molecular complexity index is 708. The lowest BCUT2D eigenvalue weighted by Crippen LogP contribution is -2.29. The Kier molecular flexibility index (Phi) is 5.10. The average Bonchev–Trinajstić information content (AvgIpc) is 3.17. The largest absolute Gasteiger partial charge is 0.471 e. The van der Waals surface area contributed by atoms with E-state index >= 15 is 0 Å². The number of hydrogen-bond acceptors (Lipinski definition) is 5. The minimum Gasteiger partial charge on any atom is -0.471 e. The van der Waals surface area contributed by atoms with Crippen LogP contribution in [-0.2, 0) is 11.3 Å². The van der Waals surface area contributed by atoms with Crippen LogP contribution in [0.5, 0.6) is 5.88 Å². The SMILES string of the molecule is Cc1cc(C)n(CCNC(=O)c2cccnc2O[C@H]2CCOC2)n1. The van der Waals surface area contributed by atoms with Gasteiger partial charge in [0.2, 0.25) is 5.88 Å². The number of carbonyl (C=O) groups is 1. The molecule has 0 spiro atoms. The van der Waals surface area contributed by atoms with Gasteiger partial charge in [-0.3, -0.25) is 9.48 Å². The zero-order valence-electron chi connectivity index (χ0n) is 14.0. The molecule has 1 aliphatic heterocycles. The first kappa shape index (κ1) is 16.4. The molecule has 128 valence electrons. The van der Waals surface area contributed by atoms with E-state index in [9.17, 15) is 4.79 Å². The van der Waals surface area contributed by atoms with E-state index in [1.54, 1.807) is 18.3 Å². The van der Waals surface area contributed by atoms with Crippen LogP contribution in [0.25, 0.3) is 0 Å². The van der Waals surface area contributed by atoms with Crippen molar-refractivity contribution in [1.29, 1.82) is 0 Å². The van der Waals surface area contributed by atoms with E-state index in [1.165, 1.54) is 0 Å². The molecule has 1 amide bonds. The molecule has 0 aromatic carbocycles. The van der Waals surface area contributed by atoms with Crippen molar-refractivity contribution in [3.05, 3.63) is 41.3 Å². The zero-order chi connectivity index (χ0) is 16.9. The molecule has 0 bridgehead atoms. The molecule has 0 unspecified atom stereocenters. The van der Waals surface area contributed by atoms with Crippen LogP contribution in [0.4, 0.5) is 0 Å². The van der Waals surface area contributed by atoms with E-state index in [4.69, 9.17) is 9.47 Å². The van der Waals surface area contributed by atoms with Gasteiger partial charge in [0.25, 0.3) is 5.91 Å². The predicted octanol–water partition coefficient (Wildman–Crippen LogP) is 1.49. The third kappa shape index (κ3) is 3.91. The summed E-state index contributed by atoms with van der Waals surface area (Å²) >= 11 is 0.